The van der Waals surface area contributed by atoms with Crippen molar-refractivity contribution >= 4 is 40.0 Å². The van der Waals surface area contributed by atoms with Gasteiger partial charge in [-0.2, -0.15) is 0 Å². The van der Waals surface area contributed by atoms with Crippen molar-refractivity contribution < 1.29 is 8.42 Å². The van der Waals surface area contributed by atoms with E-state index in [1.165, 1.54) is 11.1 Å². The Kier molecular flexibility index (Phi) is 11.2. The van der Waals surface area contributed by atoms with E-state index in [0.29, 0.717) is 32.0 Å². The molecule has 0 saturated heterocycles. The molecule has 0 saturated carbocycles. The molecule has 0 spiro atoms. The second-order valence-electron chi connectivity index (χ2n) is 4.99. The van der Waals surface area contributed by atoms with Crippen molar-refractivity contribution in [1.82, 2.24) is 15.4 Å². The Morgan fingerprint density at radius 2 is 1.96 bits per heavy atom. The molecular formula is C15H27IN4O2S. The molecule has 0 aliphatic heterocycles. The van der Waals surface area contributed by atoms with Crippen LogP contribution in [0.25, 0.3) is 0 Å². The van der Waals surface area contributed by atoms with E-state index >= 15 is 0 Å². The maximum atomic E-state index is 11.3. The molecule has 0 unspecified atom stereocenters. The van der Waals surface area contributed by atoms with Gasteiger partial charge in [0.05, 0.1) is 5.75 Å². The number of nitrogens with zero attached hydrogens (tertiary/aromatic N) is 1. The average Bonchev–Trinajstić information content (AvgIpc) is 2.50. The van der Waals surface area contributed by atoms with E-state index in [2.05, 4.69) is 45.5 Å². The third-order valence-electron chi connectivity index (χ3n) is 3.11. The van der Waals surface area contributed by atoms with Crippen molar-refractivity contribution in [3.05, 3.63) is 35.4 Å². The van der Waals surface area contributed by atoms with Gasteiger partial charge in [-0.3, -0.25) is 4.99 Å². The van der Waals surface area contributed by atoms with Crippen LogP contribution < -0.4 is 15.4 Å². The number of sulfonamides is 1. The van der Waals surface area contributed by atoms with Gasteiger partial charge in [-0.1, -0.05) is 29.8 Å². The Labute approximate surface area is 156 Å². The Morgan fingerprint density at radius 1 is 1.22 bits per heavy atom. The van der Waals surface area contributed by atoms with Crippen LogP contribution in [-0.4, -0.2) is 40.3 Å². The summed E-state index contributed by atoms with van der Waals surface area (Å²) in [6.45, 7) is 5.47. The average molecular weight is 454 g/mol. The summed E-state index contributed by atoms with van der Waals surface area (Å²) in [5.41, 5.74) is 2.42. The smallest absolute Gasteiger partial charge is 0.211 e. The molecule has 23 heavy (non-hydrogen) atoms. The molecule has 8 heteroatoms. The zero-order valence-corrected chi connectivity index (χ0v) is 17.1. The monoisotopic (exact) mass is 454 g/mol. The van der Waals surface area contributed by atoms with Crippen LogP contribution in [0, 0.1) is 6.92 Å². The minimum absolute atomic E-state index is 0. The Morgan fingerprint density at radius 3 is 2.57 bits per heavy atom. The fourth-order valence-electron chi connectivity index (χ4n) is 1.85. The van der Waals surface area contributed by atoms with Gasteiger partial charge in [-0.05, 0) is 25.8 Å². The summed E-state index contributed by atoms with van der Waals surface area (Å²) in [5.74, 6) is 0.819. The standard InChI is InChI=1S/C15H26N4O2S.HI/c1-4-22(20,21)19-10-6-9-17-15(16-3)18-12-14-8-5-7-13(2)11-14;/h5,7-8,11,19H,4,6,9-10,12H2,1-3H3,(H2,16,17,18);1H. The van der Waals surface area contributed by atoms with Gasteiger partial charge in [0.25, 0.3) is 0 Å². The highest BCUT2D eigenvalue weighted by Crippen LogP contribution is 2.02. The molecule has 1 aromatic rings. The maximum Gasteiger partial charge on any atom is 0.211 e. The normalized spacial score (nSPS) is 11.7. The lowest BCUT2D eigenvalue weighted by Gasteiger charge is -2.12. The third kappa shape index (κ3) is 9.77. The van der Waals surface area contributed by atoms with E-state index in [9.17, 15) is 8.42 Å². The highest BCUT2D eigenvalue weighted by Gasteiger charge is 2.04. The molecule has 1 rings (SSSR count). The fourth-order valence-corrected chi connectivity index (χ4v) is 2.51. The summed E-state index contributed by atoms with van der Waals surface area (Å²) in [4.78, 5) is 4.14. The van der Waals surface area contributed by atoms with Gasteiger partial charge in [0.2, 0.25) is 10.0 Å². The van der Waals surface area contributed by atoms with Crippen LogP contribution in [0.3, 0.4) is 0 Å². The molecule has 0 aromatic heterocycles. The number of aliphatic imine (C=N–C) groups is 1. The minimum atomic E-state index is -3.10. The fraction of sp³-hybridized carbons (Fsp3) is 0.533. The molecule has 0 aliphatic carbocycles. The second-order valence-corrected chi connectivity index (χ2v) is 7.09. The number of hydrogen-bond donors (Lipinski definition) is 3. The topological polar surface area (TPSA) is 82.6 Å². The SMILES string of the molecule is CCS(=O)(=O)NCCCNC(=NC)NCc1cccc(C)c1.I. The molecule has 132 valence electrons. The Balaban J connectivity index is 0.00000484. The molecule has 0 amide bonds. The summed E-state index contributed by atoms with van der Waals surface area (Å²) in [6, 6.07) is 8.28. The van der Waals surface area contributed by atoms with E-state index < -0.39 is 10.0 Å². The molecule has 0 aliphatic rings. The summed E-state index contributed by atoms with van der Waals surface area (Å²) in [7, 11) is -1.39. The number of benzene rings is 1. The van der Waals surface area contributed by atoms with Crippen molar-refractivity contribution in [2.75, 3.05) is 25.9 Å². The van der Waals surface area contributed by atoms with E-state index in [1.807, 2.05) is 6.07 Å². The van der Waals surface area contributed by atoms with Crippen LogP contribution in [0.15, 0.2) is 29.3 Å². The summed E-state index contributed by atoms with van der Waals surface area (Å²) >= 11 is 0. The van der Waals surface area contributed by atoms with E-state index in [1.54, 1.807) is 14.0 Å². The molecule has 1 aromatic carbocycles. The van der Waals surface area contributed by atoms with Gasteiger partial charge >= 0.3 is 0 Å². The van der Waals surface area contributed by atoms with Crippen LogP contribution in [-0.2, 0) is 16.6 Å². The number of hydrogen-bond acceptors (Lipinski definition) is 3. The predicted molar refractivity (Wildman–Crippen MR) is 107 cm³/mol. The summed E-state index contributed by atoms with van der Waals surface area (Å²) in [6.07, 6.45) is 0.699. The van der Waals surface area contributed by atoms with Crippen LogP contribution in [0.4, 0.5) is 0 Å². The molecular weight excluding hydrogens is 427 g/mol. The van der Waals surface area contributed by atoms with Gasteiger partial charge in [0.1, 0.15) is 0 Å². The van der Waals surface area contributed by atoms with Gasteiger partial charge in [0, 0.05) is 26.7 Å². The maximum absolute atomic E-state index is 11.3. The van der Waals surface area contributed by atoms with Crippen molar-refractivity contribution in [2.24, 2.45) is 4.99 Å². The van der Waals surface area contributed by atoms with Crippen molar-refractivity contribution in [3.63, 3.8) is 0 Å². The third-order valence-corrected chi connectivity index (χ3v) is 4.52. The first kappa shape index (κ1) is 22.1. The van der Waals surface area contributed by atoms with Crippen LogP contribution in [0.2, 0.25) is 0 Å². The quantitative estimate of drug-likeness (QED) is 0.241. The van der Waals surface area contributed by atoms with Crippen molar-refractivity contribution in [3.8, 4) is 0 Å². The zero-order valence-electron chi connectivity index (χ0n) is 13.9. The first-order valence-corrected chi connectivity index (χ1v) is 9.09. The van der Waals surface area contributed by atoms with Crippen LogP contribution >= 0.6 is 24.0 Å². The first-order valence-electron chi connectivity index (χ1n) is 7.44. The number of aryl methyl sites for hydroxylation is 1. The number of rotatable bonds is 8. The predicted octanol–water partition coefficient (Wildman–Crippen LogP) is 1.61. The highest BCUT2D eigenvalue weighted by atomic mass is 127. The molecule has 0 heterocycles. The van der Waals surface area contributed by atoms with Crippen LogP contribution in [0.5, 0.6) is 0 Å². The Hall–Kier alpha value is -0.870. The molecule has 3 N–H and O–H groups in total. The van der Waals surface area contributed by atoms with Crippen molar-refractivity contribution in [1.29, 1.82) is 0 Å². The van der Waals surface area contributed by atoms with Gasteiger partial charge in [0.15, 0.2) is 5.96 Å². The highest BCUT2D eigenvalue weighted by molar-refractivity contribution is 14.0. The lowest BCUT2D eigenvalue weighted by molar-refractivity contribution is 0.579. The summed E-state index contributed by atoms with van der Waals surface area (Å²) in [5, 5.41) is 6.39. The molecule has 0 bridgehead atoms. The minimum Gasteiger partial charge on any atom is -0.356 e. The molecule has 0 atom stereocenters. The molecule has 0 fully saturated rings. The Bertz CT molecular complexity index is 591. The second kappa shape index (κ2) is 11.6. The lowest BCUT2D eigenvalue weighted by atomic mass is 10.1. The summed E-state index contributed by atoms with van der Waals surface area (Å²) < 4.78 is 25.1. The van der Waals surface area contributed by atoms with Crippen LogP contribution in [0.1, 0.15) is 24.5 Å². The first-order chi connectivity index (χ1) is 10.5. The van der Waals surface area contributed by atoms with E-state index in [4.69, 9.17) is 0 Å². The van der Waals surface area contributed by atoms with E-state index in [0.717, 1.165) is 0 Å². The number of nitrogens with one attached hydrogen (secondary N) is 3. The van der Waals surface area contributed by atoms with Gasteiger partial charge in [-0.25, -0.2) is 13.1 Å². The van der Waals surface area contributed by atoms with Gasteiger partial charge in [-0.15, -0.1) is 24.0 Å². The van der Waals surface area contributed by atoms with Crippen molar-refractivity contribution in [2.45, 2.75) is 26.8 Å². The zero-order chi connectivity index (χ0) is 16.4. The number of guanidine groups is 1. The lowest BCUT2D eigenvalue weighted by Crippen LogP contribution is -2.38. The number of halogens is 1. The van der Waals surface area contributed by atoms with Gasteiger partial charge < -0.3 is 10.6 Å². The van der Waals surface area contributed by atoms with E-state index in [-0.39, 0.29) is 29.7 Å². The molecule has 6 nitrogen and oxygen atoms in total. The largest absolute Gasteiger partial charge is 0.356 e. The molecule has 0 radical (unpaired) electrons.